The third kappa shape index (κ3) is 8.61. The smallest absolute Gasteiger partial charge is 0.272 e. The first-order valence-corrected chi connectivity index (χ1v) is 15.4. The Morgan fingerprint density at radius 2 is 1.47 bits per heavy atom. The number of hydrogen-bond donors (Lipinski definition) is 3. The van der Waals surface area contributed by atoms with E-state index in [-0.39, 0.29) is 16.6 Å². The fourth-order valence-electron chi connectivity index (χ4n) is 4.24. The highest BCUT2D eigenvalue weighted by atomic mass is 35.5. The molecule has 7 nitrogen and oxygen atoms in total. The topological polar surface area (TPSA) is 100 Å². The molecule has 0 aliphatic carbocycles. The van der Waals surface area contributed by atoms with Gasteiger partial charge in [-0.1, -0.05) is 96.0 Å². The Bertz CT molecular complexity index is 1840. The largest absolute Gasteiger partial charge is 0.321 e. The molecule has 45 heavy (non-hydrogen) atoms. The summed E-state index contributed by atoms with van der Waals surface area (Å²) in [6.07, 6.45) is 3.08. The molecule has 0 saturated carbocycles. The number of carbonyl (C=O) groups is 3. The van der Waals surface area contributed by atoms with Crippen molar-refractivity contribution in [1.29, 1.82) is 0 Å². The van der Waals surface area contributed by atoms with Gasteiger partial charge in [0.25, 0.3) is 11.8 Å². The van der Waals surface area contributed by atoms with E-state index in [9.17, 15) is 14.4 Å². The summed E-state index contributed by atoms with van der Waals surface area (Å²) in [5.41, 5.74) is 2.05. The minimum Gasteiger partial charge on any atom is -0.321 e. The van der Waals surface area contributed by atoms with Crippen LogP contribution in [-0.2, 0) is 9.59 Å². The van der Waals surface area contributed by atoms with E-state index in [4.69, 9.17) is 23.2 Å². The Hall–Kier alpha value is -4.89. The molecule has 5 aromatic rings. The van der Waals surface area contributed by atoms with Gasteiger partial charge < -0.3 is 16.0 Å². The van der Waals surface area contributed by atoms with E-state index in [1.165, 1.54) is 17.8 Å². The fraction of sp³-hybridized carbons (Fsp3) is 0.0286. The number of pyridine rings is 1. The number of benzene rings is 4. The minimum absolute atomic E-state index is 0.0389. The summed E-state index contributed by atoms with van der Waals surface area (Å²) < 4.78 is 0. The number of amides is 3. The average molecular weight is 654 g/mol. The molecule has 3 N–H and O–H groups in total. The van der Waals surface area contributed by atoms with E-state index in [0.29, 0.717) is 27.7 Å². The zero-order valence-corrected chi connectivity index (χ0v) is 25.9. The van der Waals surface area contributed by atoms with Crippen LogP contribution in [0.2, 0.25) is 10.0 Å². The number of nitrogens with one attached hydrogen (secondary N) is 3. The number of carbonyl (C=O) groups excluding carboxylic acids is 3. The Morgan fingerprint density at radius 3 is 2.20 bits per heavy atom. The normalized spacial score (nSPS) is 11.7. The van der Waals surface area contributed by atoms with Crippen LogP contribution in [0.25, 0.3) is 6.08 Å². The second kappa shape index (κ2) is 15.2. The van der Waals surface area contributed by atoms with E-state index in [1.54, 1.807) is 91.1 Å². The molecule has 0 radical (unpaired) electrons. The van der Waals surface area contributed by atoms with E-state index >= 15 is 0 Å². The van der Waals surface area contributed by atoms with E-state index in [1.807, 2.05) is 36.4 Å². The Balaban J connectivity index is 1.39. The van der Waals surface area contributed by atoms with Gasteiger partial charge in [0, 0.05) is 22.3 Å². The number of nitrogens with zero attached hydrogens (tertiary/aromatic N) is 1. The molecule has 224 valence electrons. The van der Waals surface area contributed by atoms with Gasteiger partial charge in [0.2, 0.25) is 5.91 Å². The maximum Gasteiger partial charge on any atom is 0.272 e. The van der Waals surface area contributed by atoms with Gasteiger partial charge >= 0.3 is 0 Å². The van der Waals surface area contributed by atoms with Crippen molar-refractivity contribution in [3.8, 4) is 0 Å². The molecule has 0 saturated heterocycles. The van der Waals surface area contributed by atoms with Crippen molar-refractivity contribution in [2.45, 2.75) is 10.1 Å². The Kier molecular flexibility index (Phi) is 10.7. The van der Waals surface area contributed by atoms with Crippen molar-refractivity contribution in [2.75, 3.05) is 10.6 Å². The van der Waals surface area contributed by atoms with Crippen LogP contribution in [0, 0.1) is 0 Å². The highest BCUT2D eigenvalue weighted by Crippen LogP contribution is 2.37. The highest BCUT2D eigenvalue weighted by molar-refractivity contribution is 8.00. The number of thioether (sulfide) groups is 1. The zero-order valence-electron chi connectivity index (χ0n) is 23.6. The minimum atomic E-state index is -0.607. The molecule has 5 rings (SSSR count). The number of rotatable bonds is 10. The van der Waals surface area contributed by atoms with Crippen molar-refractivity contribution < 1.29 is 14.4 Å². The van der Waals surface area contributed by atoms with Gasteiger partial charge in [-0.3, -0.25) is 14.4 Å². The fourth-order valence-corrected chi connectivity index (χ4v) is 5.69. The molecular formula is C35H26Cl2N4O3S. The van der Waals surface area contributed by atoms with Crippen molar-refractivity contribution >= 4 is 70.3 Å². The predicted octanol–water partition coefficient (Wildman–Crippen LogP) is 8.27. The summed E-state index contributed by atoms with van der Waals surface area (Å²) in [6.45, 7) is 0. The second-order valence-corrected chi connectivity index (χ2v) is 11.6. The second-order valence-electron chi connectivity index (χ2n) is 9.62. The van der Waals surface area contributed by atoms with Crippen molar-refractivity contribution in [3.05, 3.63) is 160 Å². The highest BCUT2D eigenvalue weighted by Gasteiger charge is 2.23. The van der Waals surface area contributed by atoms with Crippen molar-refractivity contribution in [3.63, 3.8) is 0 Å². The number of aromatic nitrogens is 1. The van der Waals surface area contributed by atoms with Crippen molar-refractivity contribution in [1.82, 2.24) is 10.3 Å². The molecule has 0 aliphatic heterocycles. The molecule has 1 atom stereocenters. The third-order valence-electron chi connectivity index (χ3n) is 6.41. The monoisotopic (exact) mass is 652 g/mol. The van der Waals surface area contributed by atoms with E-state index < -0.39 is 17.1 Å². The molecule has 10 heteroatoms. The first-order chi connectivity index (χ1) is 21.9. The summed E-state index contributed by atoms with van der Waals surface area (Å²) in [7, 11) is 0. The van der Waals surface area contributed by atoms with Gasteiger partial charge in [0.15, 0.2) is 0 Å². The summed E-state index contributed by atoms with van der Waals surface area (Å²) in [5.74, 6) is -0.845. The zero-order chi connectivity index (χ0) is 31.6. The van der Waals surface area contributed by atoms with Gasteiger partial charge in [-0.15, -0.1) is 11.8 Å². The maximum absolute atomic E-state index is 13.6. The van der Waals surface area contributed by atoms with Crippen LogP contribution >= 0.6 is 35.0 Å². The quantitative estimate of drug-likeness (QED) is 0.104. The molecule has 0 spiro atoms. The summed E-state index contributed by atoms with van der Waals surface area (Å²) in [5, 5.41) is 8.38. The van der Waals surface area contributed by atoms with Gasteiger partial charge in [-0.2, -0.15) is 0 Å². The summed E-state index contributed by atoms with van der Waals surface area (Å²) in [6, 6.07) is 35.4. The lowest BCUT2D eigenvalue weighted by atomic mass is 10.1. The number of anilines is 2. The lowest BCUT2D eigenvalue weighted by molar-refractivity contribution is -0.116. The van der Waals surface area contributed by atoms with E-state index in [0.717, 1.165) is 10.5 Å². The standard InChI is InChI=1S/C35H26Cl2N4O3S/c36-28-18-9-15-25(31(28)37)21-29(40-33(42)24-13-5-2-6-14-24)34(43)39-26-16-10-17-27(22-26)45-32(23-11-3-1-4-12-23)35(44)41-30-19-7-8-20-38-30/h1-22,32H,(H,39,43)(H,40,42)(H,38,41,44)/b29-21+. The molecule has 3 amide bonds. The van der Waals surface area contributed by atoms with Crippen LogP contribution in [0.3, 0.4) is 0 Å². The van der Waals surface area contributed by atoms with Crippen LogP contribution in [0.4, 0.5) is 11.5 Å². The summed E-state index contributed by atoms with van der Waals surface area (Å²) >= 11 is 13.9. The molecule has 1 heterocycles. The van der Waals surface area contributed by atoms with Gasteiger partial charge in [0.05, 0.1) is 10.0 Å². The lowest BCUT2D eigenvalue weighted by Gasteiger charge is -2.17. The first-order valence-electron chi connectivity index (χ1n) is 13.7. The molecule has 0 fully saturated rings. The molecule has 1 aromatic heterocycles. The SMILES string of the molecule is O=C(Nc1cccc(SC(C(=O)Nc2ccccn2)c2ccccc2)c1)/C(=C\c1cccc(Cl)c1Cl)NC(=O)c1ccccc1. The van der Waals surface area contributed by atoms with Crippen LogP contribution in [-0.4, -0.2) is 22.7 Å². The predicted molar refractivity (Wildman–Crippen MR) is 181 cm³/mol. The molecular weight excluding hydrogens is 627 g/mol. The first kappa shape index (κ1) is 31.5. The van der Waals surface area contributed by atoms with Gasteiger partial charge in [-0.05, 0) is 65.7 Å². The van der Waals surface area contributed by atoms with Gasteiger partial charge in [0.1, 0.15) is 16.8 Å². The molecule has 4 aromatic carbocycles. The van der Waals surface area contributed by atoms with Gasteiger partial charge in [-0.25, -0.2) is 4.98 Å². The van der Waals surface area contributed by atoms with Crippen molar-refractivity contribution in [2.24, 2.45) is 0 Å². The number of halogens is 2. The number of hydrogen-bond acceptors (Lipinski definition) is 5. The molecule has 0 aliphatic rings. The Morgan fingerprint density at radius 1 is 0.756 bits per heavy atom. The van der Waals surface area contributed by atoms with Crippen LogP contribution in [0.1, 0.15) is 26.7 Å². The lowest BCUT2D eigenvalue weighted by Crippen LogP contribution is -2.30. The molecule has 0 bridgehead atoms. The molecule has 1 unspecified atom stereocenters. The maximum atomic E-state index is 13.6. The average Bonchev–Trinajstić information content (AvgIpc) is 3.06. The van der Waals surface area contributed by atoms with Crippen LogP contribution < -0.4 is 16.0 Å². The van der Waals surface area contributed by atoms with E-state index in [2.05, 4.69) is 20.9 Å². The van der Waals surface area contributed by atoms with Crippen LogP contribution in [0.15, 0.2) is 138 Å². The Labute approximate surface area is 274 Å². The third-order valence-corrected chi connectivity index (χ3v) is 8.49. The summed E-state index contributed by atoms with van der Waals surface area (Å²) in [4.78, 5) is 45.0. The van der Waals surface area contributed by atoms with Crippen LogP contribution in [0.5, 0.6) is 0 Å².